The lowest BCUT2D eigenvalue weighted by atomic mass is 10.1. The van der Waals surface area contributed by atoms with Crippen LogP contribution in [-0.4, -0.2) is 25.8 Å². The van der Waals surface area contributed by atoms with Crippen molar-refractivity contribution in [3.8, 4) is 0 Å². The van der Waals surface area contributed by atoms with Crippen LogP contribution in [0.1, 0.15) is 18.9 Å². The van der Waals surface area contributed by atoms with E-state index in [1.807, 2.05) is 32.1 Å². The summed E-state index contributed by atoms with van der Waals surface area (Å²) in [7, 11) is -3.33. The average Bonchev–Trinajstić information content (AvgIpc) is 2.30. The summed E-state index contributed by atoms with van der Waals surface area (Å²) < 4.78 is 26.4. The van der Waals surface area contributed by atoms with E-state index in [1.54, 1.807) is 16.4 Å². The van der Waals surface area contributed by atoms with Crippen molar-refractivity contribution in [1.82, 2.24) is 4.31 Å². The molecule has 0 saturated heterocycles. The van der Waals surface area contributed by atoms with Gasteiger partial charge in [0.2, 0.25) is 10.0 Å². The van der Waals surface area contributed by atoms with Gasteiger partial charge in [-0.3, -0.25) is 0 Å². The normalized spacial score (nSPS) is 17.9. The first-order valence-electron chi connectivity index (χ1n) is 5.73. The van der Waals surface area contributed by atoms with Crippen LogP contribution in [0.2, 0.25) is 0 Å². The monoisotopic (exact) mass is 251 g/mol. The fourth-order valence-electron chi connectivity index (χ4n) is 1.96. The largest absolute Gasteiger partial charge is 0.243 e. The topological polar surface area (TPSA) is 37.4 Å². The lowest BCUT2D eigenvalue weighted by Gasteiger charge is -2.25. The van der Waals surface area contributed by atoms with Crippen molar-refractivity contribution < 1.29 is 8.42 Å². The van der Waals surface area contributed by atoms with Gasteiger partial charge in [-0.25, -0.2) is 8.42 Å². The van der Waals surface area contributed by atoms with Gasteiger partial charge in [-0.2, -0.15) is 4.31 Å². The number of hydrogen-bond donors (Lipinski definition) is 0. The van der Waals surface area contributed by atoms with E-state index in [9.17, 15) is 8.42 Å². The van der Waals surface area contributed by atoms with Crippen LogP contribution in [-0.2, 0) is 10.0 Å². The van der Waals surface area contributed by atoms with Gasteiger partial charge < -0.3 is 0 Å². The molecule has 0 aliphatic carbocycles. The molecule has 0 N–H and O–H groups in total. The molecule has 17 heavy (non-hydrogen) atoms. The van der Waals surface area contributed by atoms with Crippen LogP contribution in [0.25, 0.3) is 0 Å². The first kappa shape index (κ1) is 12.3. The summed E-state index contributed by atoms with van der Waals surface area (Å²) in [6.45, 7) is 4.94. The molecule has 1 aliphatic rings. The maximum absolute atomic E-state index is 12.4. The number of sulfonamides is 1. The van der Waals surface area contributed by atoms with Crippen molar-refractivity contribution in [1.29, 1.82) is 0 Å². The molecule has 3 nitrogen and oxygen atoms in total. The van der Waals surface area contributed by atoms with Crippen molar-refractivity contribution in [3.63, 3.8) is 0 Å². The van der Waals surface area contributed by atoms with Crippen molar-refractivity contribution in [3.05, 3.63) is 41.5 Å². The second-order valence-corrected chi connectivity index (χ2v) is 6.34. The number of benzene rings is 1. The third kappa shape index (κ3) is 2.42. The molecule has 0 atom stereocenters. The molecular formula is C13H17NO2S. The van der Waals surface area contributed by atoms with Gasteiger partial charge in [-0.15, -0.1) is 0 Å². The molecular weight excluding hydrogens is 234 g/mol. The zero-order chi connectivity index (χ0) is 12.5. The summed E-state index contributed by atoms with van der Waals surface area (Å²) in [4.78, 5) is 0.424. The zero-order valence-electron chi connectivity index (χ0n) is 10.2. The predicted molar refractivity (Wildman–Crippen MR) is 68.3 cm³/mol. The fourth-order valence-corrected chi connectivity index (χ4v) is 3.56. The van der Waals surface area contributed by atoms with Gasteiger partial charge >= 0.3 is 0 Å². The first-order chi connectivity index (χ1) is 8.01. The Labute approximate surface area is 103 Å². The van der Waals surface area contributed by atoms with Gasteiger partial charge in [0.05, 0.1) is 4.90 Å². The molecule has 92 valence electrons. The Bertz CT molecular complexity index is 546. The standard InChI is InChI=1S/C13H17NO2S/c1-11-7-9-14(10-8-11)17(15,16)13-6-4-3-5-12(13)2/h3-7H,8-10H2,1-2H3. The van der Waals surface area contributed by atoms with Crippen LogP contribution in [0.4, 0.5) is 0 Å². The molecule has 0 spiro atoms. The van der Waals surface area contributed by atoms with Crippen molar-refractivity contribution in [2.45, 2.75) is 25.2 Å². The lowest BCUT2D eigenvalue weighted by molar-refractivity contribution is 0.431. The minimum absolute atomic E-state index is 0.424. The Morgan fingerprint density at radius 2 is 1.88 bits per heavy atom. The van der Waals surface area contributed by atoms with Crippen LogP contribution in [0, 0.1) is 6.92 Å². The Hall–Kier alpha value is -1.13. The molecule has 0 radical (unpaired) electrons. The molecule has 4 heteroatoms. The smallest absolute Gasteiger partial charge is 0.207 e. The molecule has 0 saturated carbocycles. The third-order valence-electron chi connectivity index (χ3n) is 3.11. The summed E-state index contributed by atoms with van der Waals surface area (Å²) in [6, 6.07) is 7.13. The van der Waals surface area contributed by atoms with Gasteiger partial charge in [0.15, 0.2) is 0 Å². The Kier molecular flexibility index (Phi) is 3.35. The third-order valence-corrected chi connectivity index (χ3v) is 5.14. The molecule has 0 amide bonds. The Morgan fingerprint density at radius 1 is 1.18 bits per heavy atom. The molecule has 1 aliphatic heterocycles. The number of nitrogens with zero attached hydrogens (tertiary/aromatic N) is 1. The Morgan fingerprint density at radius 3 is 2.47 bits per heavy atom. The van der Waals surface area contributed by atoms with Gasteiger partial charge in [0, 0.05) is 13.1 Å². The Balaban J connectivity index is 2.35. The summed E-state index contributed by atoms with van der Waals surface area (Å²) in [5.41, 5.74) is 2.07. The van der Waals surface area contributed by atoms with Crippen LogP contribution in [0.5, 0.6) is 0 Å². The van der Waals surface area contributed by atoms with E-state index in [0.29, 0.717) is 18.0 Å². The summed E-state index contributed by atoms with van der Waals surface area (Å²) in [6.07, 6.45) is 2.81. The van der Waals surface area contributed by atoms with E-state index in [-0.39, 0.29) is 0 Å². The highest BCUT2D eigenvalue weighted by molar-refractivity contribution is 7.89. The molecule has 0 aromatic heterocycles. The zero-order valence-corrected chi connectivity index (χ0v) is 11.0. The molecule has 1 aromatic rings. The maximum atomic E-state index is 12.4. The summed E-state index contributed by atoms with van der Waals surface area (Å²) >= 11 is 0. The quantitative estimate of drug-likeness (QED) is 0.757. The molecule has 0 unspecified atom stereocenters. The van der Waals surface area contributed by atoms with E-state index in [1.165, 1.54) is 5.57 Å². The lowest BCUT2D eigenvalue weighted by Crippen LogP contribution is -2.35. The highest BCUT2D eigenvalue weighted by Crippen LogP contribution is 2.22. The van der Waals surface area contributed by atoms with Gasteiger partial charge in [-0.05, 0) is 31.9 Å². The maximum Gasteiger partial charge on any atom is 0.243 e. The summed E-state index contributed by atoms with van der Waals surface area (Å²) in [5.74, 6) is 0. The van der Waals surface area contributed by atoms with Crippen LogP contribution < -0.4 is 0 Å². The SMILES string of the molecule is CC1=CCN(S(=O)(=O)c2ccccc2C)CC1. The average molecular weight is 251 g/mol. The highest BCUT2D eigenvalue weighted by atomic mass is 32.2. The number of hydrogen-bond acceptors (Lipinski definition) is 2. The molecule has 1 aromatic carbocycles. The van der Waals surface area contributed by atoms with Crippen LogP contribution in [0.15, 0.2) is 40.8 Å². The van der Waals surface area contributed by atoms with Crippen LogP contribution in [0.3, 0.4) is 0 Å². The minimum atomic E-state index is -3.33. The van der Waals surface area contributed by atoms with E-state index < -0.39 is 10.0 Å². The van der Waals surface area contributed by atoms with Crippen LogP contribution >= 0.6 is 0 Å². The second kappa shape index (κ2) is 4.63. The molecule has 0 bridgehead atoms. The van der Waals surface area contributed by atoms with Crippen molar-refractivity contribution in [2.75, 3.05) is 13.1 Å². The first-order valence-corrected chi connectivity index (χ1v) is 7.17. The van der Waals surface area contributed by atoms with Crippen molar-refractivity contribution in [2.24, 2.45) is 0 Å². The molecule has 0 fully saturated rings. The van der Waals surface area contributed by atoms with E-state index in [0.717, 1.165) is 12.0 Å². The number of rotatable bonds is 2. The number of aryl methyl sites for hydroxylation is 1. The van der Waals surface area contributed by atoms with E-state index in [2.05, 4.69) is 0 Å². The highest BCUT2D eigenvalue weighted by Gasteiger charge is 2.26. The van der Waals surface area contributed by atoms with Gasteiger partial charge in [0.1, 0.15) is 0 Å². The van der Waals surface area contributed by atoms with Gasteiger partial charge in [-0.1, -0.05) is 29.8 Å². The minimum Gasteiger partial charge on any atom is -0.207 e. The second-order valence-electron chi connectivity index (χ2n) is 4.43. The predicted octanol–water partition coefficient (Wildman–Crippen LogP) is 2.34. The molecule has 2 rings (SSSR count). The van der Waals surface area contributed by atoms with E-state index in [4.69, 9.17) is 0 Å². The van der Waals surface area contributed by atoms with E-state index >= 15 is 0 Å². The summed E-state index contributed by atoms with van der Waals surface area (Å²) in [5, 5.41) is 0. The molecule has 1 heterocycles. The van der Waals surface area contributed by atoms with Gasteiger partial charge in [0.25, 0.3) is 0 Å². The fraction of sp³-hybridized carbons (Fsp3) is 0.385. The van der Waals surface area contributed by atoms with Crippen molar-refractivity contribution >= 4 is 10.0 Å².